The lowest BCUT2D eigenvalue weighted by Crippen LogP contribution is -2.33. The van der Waals surface area contributed by atoms with E-state index in [1.165, 1.54) is 12.1 Å². The van der Waals surface area contributed by atoms with E-state index in [0.717, 1.165) is 39.0 Å². The molecule has 0 aliphatic carbocycles. The van der Waals surface area contributed by atoms with E-state index in [-0.39, 0.29) is 11.8 Å². The van der Waals surface area contributed by atoms with Gasteiger partial charge in [-0.3, -0.25) is 0 Å². The maximum atomic E-state index is 12.5. The first-order valence-corrected chi connectivity index (χ1v) is 10.3. The molecule has 0 saturated carbocycles. The van der Waals surface area contributed by atoms with Crippen LogP contribution in [0.4, 0.5) is 8.78 Å². The maximum Gasteiger partial charge on any atom is 0.387 e. The number of ether oxygens (including phenoxy) is 2. The number of fused-ring (bicyclic) bond motifs is 3. The summed E-state index contributed by atoms with van der Waals surface area (Å²) in [6.45, 7) is -2.85. The molecule has 2 aliphatic heterocycles. The van der Waals surface area contributed by atoms with Crippen LogP contribution in [-0.4, -0.2) is 17.3 Å². The Labute approximate surface area is 180 Å². The number of halogens is 3. The van der Waals surface area contributed by atoms with Crippen molar-refractivity contribution in [1.82, 2.24) is 5.01 Å². The number of hydrogen-bond acceptors (Lipinski definition) is 4. The minimum absolute atomic E-state index is 0.0376. The van der Waals surface area contributed by atoms with Gasteiger partial charge in [0, 0.05) is 22.0 Å². The third kappa shape index (κ3) is 3.54. The Morgan fingerprint density at radius 2 is 1.73 bits per heavy atom. The van der Waals surface area contributed by atoms with Crippen LogP contribution in [-0.2, 0) is 0 Å². The molecule has 2 heterocycles. The lowest BCUT2D eigenvalue weighted by molar-refractivity contribution is -0.0499. The quantitative estimate of drug-likeness (QED) is 0.449. The van der Waals surface area contributed by atoms with Gasteiger partial charge in [-0.05, 0) is 48.0 Å². The third-order valence-corrected chi connectivity index (χ3v) is 5.80. The largest absolute Gasteiger partial charge is 0.464 e. The second kappa shape index (κ2) is 7.72. The zero-order valence-electron chi connectivity index (χ0n) is 15.7. The van der Waals surface area contributed by atoms with Crippen LogP contribution in [0.5, 0.6) is 11.5 Å². The molecule has 3 aromatic carbocycles. The van der Waals surface area contributed by atoms with E-state index in [9.17, 15) is 8.78 Å². The Balaban J connectivity index is 1.51. The molecular weight excluding hydrogens is 454 g/mol. The highest BCUT2D eigenvalue weighted by atomic mass is 79.9. The van der Waals surface area contributed by atoms with Crippen LogP contribution in [0.15, 0.2) is 82.4 Å². The highest BCUT2D eigenvalue weighted by Crippen LogP contribution is 2.47. The van der Waals surface area contributed by atoms with E-state index in [2.05, 4.69) is 26.7 Å². The highest BCUT2D eigenvalue weighted by molar-refractivity contribution is 9.10. The molecule has 5 rings (SSSR count). The first-order chi connectivity index (χ1) is 14.6. The average molecular weight is 471 g/mol. The van der Waals surface area contributed by atoms with Crippen molar-refractivity contribution in [2.75, 3.05) is 0 Å². The normalized spacial score (nSPS) is 19.7. The van der Waals surface area contributed by atoms with Crippen molar-refractivity contribution in [3.63, 3.8) is 0 Å². The predicted molar refractivity (Wildman–Crippen MR) is 113 cm³/mol. The molecular formula is C23H17BrF2N2O2. The molecule has 0 unspecified atom stereocenters. The standard InChI is InChI=1S/C23H17BrF2N2O2/c24-16-9-5-14(6-10-16)19-13-20-18-3-1-2-4-21(18)30-22(28(20)27-19)15-7-11-17(12-8-15)29-23(25)26/h1-12,20,22-23H,13H2/t20-,22+/m0/s1. The maximum absolute atomic E-state index is 12.5. The van der Waals surface area contributed by atoms with E-state index < -0.39 is 12.8 Å². The molecule has 0 radical (unpaired) electrons. The summed E-state index contributed by atoms with van der Waals surface area (Å²) in [6.07, 6.45) is 0.295. The molecule has 152 valence electrons. The molecule has 2 atom stereocenters. The smallest absolute Gasteiger partial charge is 0.387 e. The van der Waals surface area contributed by atoms with Crippen LogP contribution in [0, 0.1) is 0 Å². The predicted octanol–water partition coefficient (Wildman–Crippen LogP) is 6.29. The molecule has 4 nitrogen and oxygen atoms in total. The van der Waals surface area contributed by atoms with Crippen LogP contribution >= 0.6 is 15.9 Å². The van der Waals surface area contributed by atoms with Crippen molar-refractivity contribution in [3.05, 3.63) is 94.0 Å². The van der Waals surface area contributed by atoms with Crippen molar-refractivity contribution < 1.29 is 18.3 Å². The summed E-state index contributed by atoms with van der Waals surface area (Å²) >= 11 is 3.47. The van der Waals surface area contributed by atoms with E-state index in [1.807, 2.05) is 47.5 Å². The van der Waals surface area contributed by atoms with Gasteiger partial charge in [0.15, 0.2) is 0 Å². The molecule has 7 heteroatoms. The summed E-state index contributed by atoms with van der Waals surface area (Å²) in [4.78, 5) is 0. The molecule has 0 amide bonds. The Hall–Kier alpha value is -2.93. The molecule has 0 aromatic heterocycles. The molecule has 0 spiro atoms. The fraction of sp³-hybridized carbons (Fsp3) is 0.174. The number of rotatable bonds is 4. The summed E-state index contributed by atoms with van der Waals surface area (Å²) in [5, 5.41) is 6.86. The van der Waals surface area contributed by atoms with Gasteiger partial charge in [-0.2, -0.15) is 13.9 Å². The molecule has 0 bridgehead atoms. The van der Waals surface area contributed by atoms with E-state index >= 15 is 0 Å². The van der Waals surface area contributed by atoms with Crippen LogP contribution in [0.2, 0.25) is 0 Å². The van der Waals surface area contributed by atoms with Crippen LogP contribution in [0.1, 0.15) is 35.4 Å². The number of hydrazone groups is 1. The SMILES string of the molecule is FC(F)Oc1ccc([C@H]2Oc3ccccc3[C@@H]3CC(c4ccc(Br)cc4)=NN23)cc1. The summed E-state index contributed by atoms with van der Waals surface area (Å²) in [6, 6.07) is 22.6. The third-order valence-electron chi connectivity index (χ3n) is 5.27. The first kappa shape index (κ1) is 19.1. The number of hydrogen-bond donors (Lipinski definition) is 0. The van der Waals surface area contributed by atoms with E-state index in [4.69, 9.17) is 9.84 Å². The van der Waals surface area contributed by atoms with Crippen molar-refractivity contribution in [3.8, 4) is 11.5 Å². The molecule has 0 N–H and O–H groups in total. The Bertz CT molecular complexity index is 1090. The Kier molecular flexibility index (Phi) is 4.90. The second-order valence-electron chi connectivity index (χ2n) is 7.11. The fourth-order valence-electron chi connectivity index (χ4n) is 3.88. The van der Waals surface area contributed by atoms with Crippen LogP contribution < -0.4 is 9.47 Å². The van der Waals surface area contributed by atoms with E-state index in [0.29, 0.717) is 0 Å². The highest BCUT2D eigenvalue weighted by Gasteiger charge is 2.40. The number of nitrogens with zero attached hydrogens (tertiary/aromatic N) is 2. The number of alkyl halides is 2. The molecule has 2 aliphatic rings. The number of benzene rings is 3. The van der Waals surface area contributed by atoms with Gasteiger partial charge in [0.2, 0.25) is 6.23 Å². The minimum atomic E-state index is -2.85. The van der Waals surface area contributed by atoms with Crippen molar-refractivity contribution in [2.24, 2.45) is 5.10 Å². The molecule has 0 fully saturated rings. The lowest BCUT2D eigenvalue weighted by atomic mass is 9.96. The van der Waals surface area contributed by atoms with Gasteiger partial charge in [-0.25, -0.2) is 5.01 Å². The Morgan fingerprint density at radius 3 is 2.47 bits per heavy atom. The monoisotopic (exact) mass is 470 g/mol. The fourth-order valence-corrected chi connectivity index (χ4v) is 4.15. The van der Waals surface area contributed by atoms with Gasteiger partial charge in [0.1, 0.15) is 11.5 Å². The molecule has 0 saturated heterocycles. The van der Waals surface area contributed by atoms with Gasteiger partial charge >= 0.3 is 6.61 Å². The zero-order valence-corrected chi connectivity index (χ0v) is 17.3. The molecule has 30 heavy (non-hydrogen) atoms. The van der Waals surface area contributed by atoms with E-state index in [1.54, 1.807) is 12.1 Å². The average Bonchev–Trinajstić information content (AvgIpc) is 3.20. The van der Waals surface area contributed by atoms with Gasteiger partial charge in [0.05, 0.1) is 11.8 Å². The van der Waals surface area contributed by atoms with Gasteiger partial charge < -0.3 is 9.47 Å². The summed E-state index contributed by atoms with van der Waals surface area (Å²) in [5.41, 5.74) is 3.94. The van der Waals surface area contributed by atoms with Crippen molar-refractivity contribution >= 4 is 21.6 Å². The Morgan fingerprint density at radius 1 is 1.00 bits per heavy atom. The van der Waals surface area contributed by atoms with Gasteiger partial charge in [0.25, 0.3) is 0 Å². The number of para-hydroxylation sites is 1. The lowest BCUT2D eigenvalue weighted by Gasteiger charge is -2.38. The summed E-state index contributed by atoms with van der Waals surface area (Å²) in [7, 11) is 0. The van der Waals surface area contributed by atoms with Gasteiger partial charge in [-0.1, -0.05) is 46.3 Å². The first-order valence-electron chi connectivity index (χ1n) is 9.50. The molecule has 3 aromatic rings. The zero-order chi connectivity index (χ0) is 20.7. The van der Waals surface area contributed by atoms with Crippen LogP contribution in [0.3, 0.4) is 0 Å². The topological polar surface area (TPSA) is 34.1 Å². The van der Waals surface area contributed by atoms with Crippen molar-refractivity contribution in [2.45, 2.75) is 25.3 Å². The second-order valence-corrected chi connectivity index (χ2v) is 8.02. The minimum Gasteiger partial charge on any atom is -0.464 e. The van der Waals surface area contributed by atoms with Crippen molar-refractivity contribution in [1.29, 1.82) is 0 Å². The van der Waals surface area contributed by atoms with Gasteiger partial charge in [-0.15, -0.1) is 0 Å². The summed E-state index contributed by atoms with van der Waals surface area (Å²) < 4.78 is 36.7. The summed E-state index contributed by atoms with van der Waals surface area (Å²) in [5.74, 6) is 0.922. The van der Waals surface area contributed by atoms with Crippen LogP contribution in [0.25, 0.3) is 0 Å².